The van der Waals surface area contributed by atoms with Crippen molar-refractivity contribution < 1.29 is 14.7 Å². The van der Waals surface area contributed by atoms with E-state index in [4.69, 9.17) is 5.11 Å². The van der Waals surface area contributed by atoms with Crippen LogP contribution in [-0.2, 0) is 4.79 Å². The number of rotatable bonds is 4. The van der Waals surface area contributed by atoms with Crippen LogP contribution in [-0.4, -0.2) is 41.1 Å². The third kappa shape index (κ3) is 4.24. The Bertz CT molecular complexity index is 281. The SMILES string of the molecule is CCCC(C)NC(=O)N1CCCC(C(=O)O)C1. The van der Waals surface area contributed by atoms with Gasteiger partial charge in [0.05, 0.1) is 5.92 Å². The number of piperidine rings is 1. The predicted octanol–water partition coefficient (Wildman–Crippen LogP) is 1.68. The largest absolute Gasteiger partial charge is 0.481 e. The van der Waals surface area contributed by atoms with Gasteiger partial charge in [0.15, 0.2) is 0 Å². The van der Waals surface area contributed by atoms with Gasteiger partial charge >= 0.3 is 12.0 Å². The summed E-state index contributed by atoms with van der Waals surface area (Å²) in [4.78, 5) is 24.4. The van der Waals surface area contributed by atoms with Crippen LogP contribution in [0.4, 0.5) is 4.79 Å². The van der Waals surface area contributed by atoms with E-state index >= 15 is 0 Å². The maximum atomic E-state index is 11.9. The monoisotopic (exact) mass is 242 g/mol. The summed E-state index contributed by atoms with van der Waals surface area (Å²) in [7, 11) is 0. The van der Waals surface area contributed by atoms with E-state index in [-0.39, 0.29) is 12.1 Å². The highest BCUT2D eigenvalue weighted by atomic mass is 16.4. The summed E-state index contributed by atoms with van der Waals surface area (Å²) in [6.45, 7) is 5.04. The van der Waals surface area contributed by atoms with Crippen molar-refractivity contribution in [3.05, 3.63) is 0 Å². The number of nitrogens with zero attached hydrogens (tertiary/aromatic N) is 1. The normalized spacial score (nSPS) is 22.0. The number of urea groups is 1. The number of carbonyl (C=O) groups excluding carboxylic acids is 1. The van der Waals surface area contributed by atoms with E-state index in [1.165, 1.54) is 0 Å². The van der Waals surface area contributed by atoms with E-state index in [9.17, 15) is 9.59 Å². The first-order chi connectivity index (χ1) is 8.04. The van der Waals surface area contributed by atoms with Gasteiger partial charge in [0.25, 0.3) is 0 Å². The Morgan fingerprint density at radius 2 is 2.24 bits per heavy atom. The molecule has 5 heteroatoms. The zero-order chi connectivity index (χ0) is 12.8. The first-order valence-corrected chi connectivity index (χ1v) is 6.32. The maximum Gasteiger partial charge on any atom is 0.317 e. The Hall–Kier alpha value is -1.26. The van der Waals surface area contributed by atoms with Crippen LogP contribution in [0.1, 0.15) is 39.5 Å². The standard InChI is InChI=1S/C12H22N2O3/c1-3-5-9(2)13-12(17)14-7-4-6-10(8-14)11(15)16/h9-10H,3-8H2,1-2H3,(H,13,17)(H,15,16). The average Bonchev–Trinajstić information content (AvgIpc) is 2.29. The van der Waals surface area contributed by atoms with Crippen molar-refractivity contribution in [3.8, 4) is 0 Å². The molecule has 2 unspecified atom stereocenters. The van der Waals surface area contributed by atoms with Gasteiger partial charge < -0.3 is 15.3 Å². The minimum absolute atomic E-state index is 0.128. The summed E-state index contributed by atoms with van der Waals surface area (Å²) in [5.41, 5.74) is 0. The lowest BCUT2D eigenvalue weighted by molar-refractivity contribution is -0.143. The summed E-state index contributed by atoms with van der Waals surface area (Å²) in [5.74, 6) is -1.21. The first kappa shape index (κ1) is 13.8. The molecule has 1 aliphatic rings. The molecule has 0 saturated carbocycles. The molecule has 2 amide bonds. The fourth-order valence-corrected chi connectivity index (χ4v) is 2.17. The Morgan fingerprint density at radius 1 is 1.53 bits per heavy atom. The molecule has 17 heavy (non-hydrogen) atoms. The molecule has 0 aromatic heterocycles. The molecular weight excluding hydrogens is 220 g/mol. The van der Waals surface area contributed by atoms with Crippen LogP contribution in [0.3, 0.4) is 0 Å². The molecule has 0 bridgehead atoms. The molecular formula is C12H22N2O3. The number of hydrogen-bond donors (Lipinski definition) is 2. The highest BCUT2D eigenvalue weighted by molar-refractivity contribution is 5.76. The summed E-state index contributed by atoms with van der Waals surface area (Å²) in [6, 6.07) is 0.0228. The van der Waals surface area contributed by atoms with Gasteiger partial charge in [0, 0.05) is 19.1 Å². The van der Waals surface area contributed by atoms with E-state index in [1.54, 1.807) is 4.90 Å². The quantitative estimate of drug-likeness (QED) is 0.788. The van der Waals surface area contributed by atoms with Gasteiger partial charge in [-0.2, -0.15) is 0 Å². The molecule has 0 aromatic rings. The predicted molar refractivity (Wildman–Crippen MR) is 64.8 cm³/mol. The van der Waals surface area contributed by atoms with E-state index in [1.807, 2.05) is 6.92 Å². The van der Waals surface area contributed by atoms with Crippen LogP contribution in [0.5, 0.6) is 0 Å². The van der Waals surface area contributed by atoms with Crippen molar-refractivity contribution >= 4 is 12.0 Å². The van der Waals surface area contributed by atoms with Gasteiger partial charge in [-0.15, -0.1) is 0 Å². The molecule has 98 valence electrons. The van der Waals surface area contributed by atoms with Crippen LogP contribution in [0.25, 0.3) is 0 Å². The Kier molecular flexibility index (Phi) is 5.25. The zero-order valence-corrected chi connectivity index (χ0v) is 10.6. The molecule has 0 aliphatic carbocycles. The smallest absolute Gasteiger partial charge is 0.317 e. The minimum Gasteiger partial charge on any atom is -0.481 e. The van der Waals surface area contributed by atoms with E-state index in [0.717, 1.165) is 19.3 Å². The number of amides is 2. The third-order valence-corrected chi connectivity index (χ3v) is 3.15. The Balaban J connectivity index is 2.43. The Morgan fingerprint density at radius 3 is 2.82 bits per heavy atom. The summed E-state index contributed by atoms with van der Waals surface area (Å²) in [6.07, 6.45) is 3.41. The zero-order valence-electron chi connectivity index (χ0n) is 10.6. The molecule has 1 fully saturated rings. The molecule has 2 atom stereocenters. The highest BCUT2D eigenvalue weighted by Gasteiger charge is 2.28. The number of nitrogens with one attached hydrogen (secondary N) is 1. The molecule has 1 rings (SSSR count). The number of carbonyl (C=O) groups is 2. The van der Waals surface area contributed by atoms with Gasteiger partial charge in [-0.25, -0.2) is 4.79 Å². The van der Waals surface area contributed by atoms with Crippen molar-refractivity contribution in [2.75, 3.05) is 13.1 Å². The third-order valence-electron chi connectivity index (χ3n) is 3.15. The highest BCUT2D eigenvalue weighted by Crippen LogP contribution is 2.16. The molecule has 0 spiro atoms. The topological polar surface area (TPSA) is 69.6 Å². The molecule has 0 aromatic carbocycles. The van der Waals surface area contributed by atoms with Crippen molar-refractivity contribution in [2.45, 2.75) is 45.6 Å². The number of carboxylic acids is 1. The summed E-state index contributed by atoms with van der Waals surface area (Å²) >= 11 is 0. The van der Waals surface area contributed by atoms with E-state index < -0.39 is 11.9 Å². The van der Waals surface area contributed by atoms with Crippen LogP contribution >= 0.6 is 0 Å². The van der Waals surface area contributed by atoms with Gasteiger partial charge in [0.2, 0.25) is 0 Å². The second-order valence-electron chi connectivity index (χ2n) is 4.76. The fourth-order valence-electron chi connectivity index (χ4n) is 2.17. The maximum absolute atomic E-state index is 11.9. The molecule has 2 N–H and O–H groups in total. The summed E-state index contributed by atoms with van der Waals surface area (Å²) in [5, 5.41) is 11.8. The van der Waals surface area contributed by atoms with Gasteiger partial charge in [-0.1, -0.05) is 13.3 Å². The second-order valence-corrected chi connectivity index (χ2v) is 4.76. The van der Waals surface area contributed by atoms with Gasteiger partial charge in [-0.05, 0) is 26.2 Å². The fraction of sp³-hybridized carbons (Fsp3) is 0.833. The molecule has 0 radical (unpaired) electrons. The van der Waals surface area contributed by atoms with Crippen LogP contribution in [0.2, 0.25) is 0 Å². The van der Waals surface area contributed by atoms with Gasteiger partial charge in [-0.3, -0.25) is 4.79 Å². The lowest BCUT2D eigenvalue weighted by atomic mass is 9.99. The number of aliphatic carboxylic acids is 1. The molecule has 1 saturated heterocycles. The summed E-state index contributed by atoms with van der Waals surface area (Å²) < 4.78 is 0. The van der Waals surface area contributed by atoms with Crippen molar-refractivity contribution in [2.24, 2.45) is 5.92 Å². The van der Waals surface area contributed by atoms with E-state index in [0.29, 0.717) is 19.5 Å². The van der Waals surface area contributed by atoms with Crippen molar-refractivity contribution in [1.82, 2.24) is 10.2 Å². The minimum atomic E-state index is -0.802. The number of carboxylic acid groups (broad SMARTS) is 1. The van der Waals surface area contributed by atoms with Gasteiger partial charge in [0.1, 0.15) is 0 Å². The molecule has 5 nitrogen and oxygen atoms in total. The Labute approximate surface area is 102 Å². The van der Waals surface area contributed by atoms with Crippen LogP contribution < -0.4 is 5.32 Å². The van der Waals surface area contributed by atoms with Crippen LogP contribution in [0.15, 0.2) is 0 Å². The first-order valence-electron chi connectivity index (χ1n) is 6.32. The lowest BCUT2D eigenvalue weighted by Crippen LogP contribution is -2.49. The lowest BCUT2D eigenvalue weighted by Gasteiger charge is -2.31. The van der Waals surface area contributed by atoms with Crippen molar-refractivity contribution in [3.63, 3.8) is 0 Å². The number of likely N-dealkylation sites (tertiary alicyclic amines) is 1. The van der Waals surface area contributed by atoms with Crippen molar-refractivity contribution in [1.29, 1.82) is 0 Å². The van der Waals surface area contributed by atoms with E-state index in [2.05, 4.69) is 12.2 Å². The van der Waals surface area contributed by atoms with Crippen LogP contribution in [0, 0.1) is 5.92 Å². The second kappa shape index (κ2) is 6.47. The molecule has 1 aliphatic heterocycles. The number of hydrogen-bond acceptors (Lipinski definition) is 2. The molecule has 1 heterocycles. The average molecular weight is 242 g/mol.